The minimum absolute atomic E-state index is 0. The SMILES string of the molecule is Cl.O=C(NC1(c2cccc(Br)c2)CC1)C1CC12CCNCC2. The van der Waals surface area contributed by atoms with E-state index in [2.05, 4.69) is 44.8 Å². The van der Waals surface area contributed by atoms with E-state index in [0.29, 0.717) is 5.41 Å². The van der Waals surface area contributed by atoms with Crippen molar-refractivity contribution < 1.29 is 4.79 Å². The summed E-state index contributed by atoms with van der Waals surface area (Å²) in [5.41, 5.74) is 1.48. The molecule has 3 fully saturated rings. The van der Waals surface area contributed by atoms with Gasteiger partial charge in [0.15, 0.2) is 0 Å². The first kappa shape index (κ1) is 16.3. The summed E-state index contributed by atoms with van der Waals surface area (Å²) < 4.78 is 1.08. The zero-order valence-corrected chi connectivity index (χ0v) is 14.9. The molecule has 1 aromatic carbocycles. The molecule has 1 unspecified atom stereocenters. The van der Waals surface area contributed by atoms with Crippen LogP contribution in [0.25, 0.3) is 0 Å². The molecule has 120 valence electrons. The lowest BCUT2D eigenvalue weighted by Gasteiger charge is -2.24. The highest BCUT2D eigenvalue weighted by Gasteiger charge is 2.59. The van der Waals surface area contributed by atoms with Crippen LogP contribution in [0.3, 0.4) is 0 Å². The first-order valence-corrected chi connectivity index (χ1v) is 8.72. The van der Waals surface area contributed by atoms with E-state index in [-0.39, 0.29) is 29.8 Å². The standard InChI is InChI=1S/C17H21BrN2O.ClH/c18-13-3-1-2-12(10-13)17(4-5-17)20-15(21)14-11-16(14)6-8-19-9-7-16;/h1-3,10,14,19H,4-9,11H2,(H,20,21);1H. The molecule has 1 aliphatic heterocycles. The van der Waals surface area contributed by atoms with Crippen molar-refractivity contribution in [1.82, 2.24) is 10.6 Å². The third kappa shape index (κ3) is 2.81. The van der Waals surface area contributed by atoms with Gasteiger partial charge in [0.05, 0.1) is 5.54 Å². The number of piperidine rings is 1. The van der Waals surface area contributed by atoms with E-state index < -0.39 is 0 Å². The number of halogens is 2. The second-order valence-electron chi connectivity index (χ2n) is 6.95. The Labute approximate surface area is 146 Å². The van der Waals surface area contributed by atoms with Crippen molar-refractivity contribution in [3.63, 3.8) is 0 Å². The number of benzene rings is 1. The van der Waals surface area contributed by atoms with Gasteiger partial charge in [-0.25, -0.2) is 0 Å². The van der Waals surface area contributed by atoms with Gasteiger partial charge in [0.25, 0.3) is 0 Å². The first-order chi connectivity index (χ1) is 10.1. The molecule has 0 radical (unpaired) electrons. The summed E-state index contributed by atoms with van der Waals surface area (Å²) >= 11 is 3.53. The monoisotopic (exact) mass is 384 g/mol. The highest BCUT2D eigenvalue weighted by molar-refractivity contribution is 9.10. The summed E-state index contributed by atoms with van der Waals surface area (Å²) in [6, 6.07) is 8.36. The molecule has 1 amide bonds. The van der Waals surface area contributed by atoms with Gasteiger partial charge in [-0.2, -0.15) is 0 Å². The van der Waals surface area contributed by atoms with Crippen molar-refractivity contribution in [3.8, 4) is 0 Å². The van der Waals surface area contributed by atoms with E-state index in [1.54, 1.807) is 0 Å². The van der Waals surface area contributed by atoms with Gasteiger partial charge in [-0.1, -0.05) is 28.1 Å². The molecule has 5 heteroatoms. The highest BCUT2D eigenvalue weighted by Crippen LogP contribution is 2.59. The second-order valence-corrected chi connectivity index (χ2v) is 7.87. The van der Waals surface area contributed by atoms with Crippen LogP contribution < -0.4 is 10.6 Å². The van der Waals surface area contributed by atoms with Crippen molar-refractivity contribution in [2.75, 3.05) is 13.1 Å². The van der Waals surface area contributed by atoms with Gasteiger partial charge < -0.3 is 10.6 Å². The van der Waals surface area contributed by atoms with Gasteiger partial charge >= 0.3 is 0 Å². The van der Waals surface area contributed by atoms with Gasteiger partial charge in [-0.05, 0) is 68.3 Å². The average Bonchev–Trinajstić information content (AvgIpc) is 3.38. The fraction of sp³-hybridized carbons (Fsp3) is 0.588. The minimum atomic E-state index is -0.0858. The summed E-state index contributed by atoms with van der Waals surface area (Å²) in [7, 11) is 0. The zero-order valence-electron chi connectivity index (χ0n) is 12.5. The topological polar surface area (TPSA) is 41.1 Å². The highest BCUT2D eigenvalue weighted by atomic mass is 79.9. The maximum Gasteiger partial charge on any atom is 0.224 e. The second kappa shape index (κ2) is 5.81. The largest absolute Gasteiger partial charge is 0.346 e. The van der Waals surface area contributed by atoms with Crippen LogP contribution in [0.15, 0.2) is 28.7 Å². The zero-order chi connectivity index (χ0) is 14.5. The van der Waals surface area contributed by atoms with Crippen LogP contribution >= 0.6 is 28.3 Å². The van der Waals surface area contributed by atoms with Crippen molar-refractivity contribution in [2.45, 2.75) is 37.6 Å². The molecule has 2 saturated carbocycles. The van der Waals surface area contributed by atoms with Crippen LogP contribution in [0.2, 0.25) is 0 Å². The van der Waals surface area contributed by atoms with Crippen molar-refractivity contribution in [2.24, 2.45) is 11.3 Å². The number of amides is 1. The number of nitrogens with one attached hydrogen (secondary N) is 2. The van der Waals surface area contributed by atoms with E-state index in [9.17, 15) is 4.79 Å². The van der Waals surface area contributed by atoms with E-state index >= 15 is 0 Å². The van der Waals surface area contributed by atoms with Crippen LogP contribution in [-0.2, 0) is 10.3 Å². The molecule has 3 nitrogen and oxygen atoms in total. The molecule has 4 rings (SSSR count). The van der Waals surface area contributed by atoms with Gasteiger partial charge in [-0.15, -0.1) is 12.4 Å². The normalized spacial score (nSPS) is 26.9. The van der Waals surface area contributed by atoms with E-state index in [4.69, 9.17) is 0 Å². The molecule has 2 N–H and O–H groups in total. The molecule has 1 spiro atoms. The Balaban J connectivity index is 0.00000144. The summed E-state index contributed by atoms with van der Waals surface area (Å²) in [6.07, 6.45) is 5.55. The lowest BCUT2D eigenvalue weighted by Crippen LogP contribution is -2.38. The van der Waals surface area contributed by atoms with E-state index in [1.807, 2.05) is 6.07 Å². The van der Waals surface area contributed by atoms with E-state index in [0.717, 1.165) is 49.7 Å². The predicted octanol–water partition coefficient (Wildman–Crippen LogP) is 3.37. The maximum absolute atomic E-state index is 12.6. The predicted molar refractivity (Wildman–Crippen MR) is 93.1 cm³/mol. The van der Waals surface area contributed by atoms with Crippen LogP contribution in [0, 0.1) is 11.3 Å². The van der Waals surface area contributed by atoms with Gasteiger partial charge in [0, 0.05) is 10.4 Å². The summed E-state index contributed by atoms with van der Waals surface area (Å²) in [6.45, 7) is 2.14. The lowest BCUT2D eigenvalue weighted by atomic mass is 9.91. The Kier molecular flexibility index (Phi) is 4.30. The first-order valence-electron chi connectivity index (χ1n) is 7.92. The molecule has 0 aromatic heterocycles. The minimum Gasteiger partial charge on any atom is -0.346 e. The Hall–Kier alpha value is -0.580. The summed E-state index contributed by atoms with van der Waals surface area (Å²) in [5.74, 6) is 0.540. The Morgan fingerprint density at radius 3 is 2.59 bits per heavy atom. The lowest BCUT2D eigenvalue weighted by molar-refractivity contribution is -0.124. The number of rotatable bonds is 3. The molecule has 1 atom stereocenters. The molecule has 22 heavy (non-hydrogen) atoms. The van der Waals surface area contributed by atoms with Crippen LogP contribution in [0.5, 0.6) is 0 Å². The molecule has 1 saturated heterocycles. The smallest absolute Gasteiger partial charge is 0.224 e. The van der Waals surface area contributed by atoms with Gasteiger partial charge in [0.2, 0.25) is 5.91 Å². The average molecular weight is 386 g/mol. The molecule has 1 heterocycles. The third-order valence-electron chi connectivity index (χ3n) is 5.60. The molecule has 2 aliphatic carbocycles. The fourth-order valence-corrected chi connectivity index (χ4v) is 4.31. The quantitative estimate of drug-likeness (QED) is 0.837. The molecule has 3 aliphatic rings. The number of carbonyl (C=O) groups excluding carboxylic acids is 1. The van der Waals surface area contributed by atoms with Crippen LogP contribution in [-0.4, -0.2) is 19.0 Å². The molecular weight excluding hydrogens is 364 g/mol. The number of hydrogen-bond acceptors (Lipinski definition) is 2. The summed E-state index contributed by atoms with van der Waals surface area (Å²) in [5, 5.41) is 6.76. The van der Waals surface area contributed by atoms with Crippen LogP contribution in [0.4, 0.5) is 0 Å². The Morgan fingerprint density at radius 1 is 1.23 bits per heavy atom. The van der Waals surface area contributed by atoms with Gasteiger partial charge in [0.1, 0.15) is 0 Å². The number of carbonyl (C=O) groups is 1. The molecule has 0 bridgehead atoms. The van der Waals surface area contributed by atoms with Crippen molar-refractivity contribution >= 4 is 34.2 Å². The Bertz CT molecular complexity index is 582. The third-order valence-corrected chi connectivity index (χ3v) is 6.09. The number of hydrogen-bond donors (Lipinski definition) is 2. The van der Waals surface area contributed by atoms with Crippen LogP contribution in [0.1, 0.15) is 37.7 Å². The fourth-order valence-electron chi connectivity index (χ4n) is 3.92. The molecule has 1 aromatic rings. The van der Waals surface area contributed by atoms with Gasteiger partial charge in [-0.3, -0.25) is 4.79 Å². The molecular formula is C17H22BrClN2O. The van der Waals surface area contributed by atoms with Crippen molar-refractivity contribution in [1.29, 1.82) is 0 Å². The summed E-state index contributed by atoms with van der Waals surface area (Å²) in [4.78, 5) is 12.6. The Morgan fingerprint density at radius 2 is 1.95 bits per heavy atom. The van der Waals surface area contributed by atoms with Crippen molar-refractivity contribution in [3.05, 3.63) is 34.3 Å². The van der Waals surface area contributed by atoms with E-state index in [1.165, 1.54) is 5.56 Å². The maximum atomic E-state index is 12.6.